The lowest BCUT2D eigenvalue weighted by Gasteiger charge is -2.22. The zero-order chi connectivity index (χ0) is 20.1. The van der Waals surface area contributed by atoms with Crippen molar-refractivity contribution in [2.45, 2.75) is 33.6 Å². The third-order valence-corrected chi connectivity index (χ3v) is 5.11. The van der Waals surface area contributed by atoms with Crippen molar-refractivity contribution in [3.8, 4) is 0 Å². The van der Waals surface area contributed by atoms with Crippen molar-refractivity contribution in [1.29, 1.82) is 0 Å². The van der Waals surface area contributed by atoms with Crippen molar-refractivity contribution >= 4 is 28.4 Å². The number of carbonyl (C=O) groups is 2. The first-order chi connectivity index (χ1) is 13.4. The van der Waals surface area contributed by atoms with Crippen LogP contribution in [-0.4, -0.2) is 23.3 Å². The molecule has 0 saturated carbocycles. The Kier molecular flexibility index (Phi) is 5.83. The average Bonchev–Trinajstić information content (AvgIpc) is 3.11. The number of nitrogens with one attached hydrogen (secondary N) is 3. The molecule has 0 aliphatic carbocycles. The lowest BCUT2D eigenvalue weighted by atomic mass is 9.90. The van der Waals surface area contributed by atoms with E-state index in [0.717, 1.165) is 22.9 Å². The molecule has 0 atom stereocenters. The van der Waals surface area contributed by atoms with Crippen LogP contribution >= 0.6 is 0 Å². The van der Waals surface area contributed by atoms with Gasteiger partial charge in [-0.15, -0.1) is 0 Å². The second-order valence-corrected chi connectivity index (χ2v) is 7.49. The minimum Gasteiger partial charge on any atom is -0.361 e. The van der Waals surface area contributed by atoms with Crippen LogP contribution in [0.4, 0.5) is 5.69 Å². The number of H-pyrrole nitrogens is 1. The molecule has 0 bridgehead atoms. The van der Waals surface area contributed by atoms with Crippen molar-refractivity contribution in [3.63, 3.8) is 0 Å². The highest BCUT2D eigenvalue weighted by Gasteiger charge is 2.35. The summed E-state index contributed by atoms with van der Waals surface area (Å²) < 4.78 is 0. The molecular weight excluding hydrogens is 350 g/mol. The molecule has 5 heteroatoms. The molecule has 0 spiro atoms. The van der Waals surface area contributed by atoms with E-state index in [0.29, 0.717) is 18.7 Å². The predicted octanol–water partition coefficient (Wildman–Crippen LogP) is 4.05. The van der Waals surface area contributed by atoms with E-state index in [-0.39, 0.29) is 11.8 Å². The molecule has 0 fully saturated rings. The number of para-hydroxylation sites is 1. The van der Waals surface area contributed by atoms with E-state index in [1.807, 2.05) is 48.7 Å². The van der Waals surface area contributed by atoms with E-state index in [1.54, 1.807) is 13.8 Å². The molecule has 3 aromatic rings. The number of amides is 2. The summed E-state index contributed by atoms with van der Waals surface area (Å²) in [4.78, 5) is 28.5. The minimum atomic E-state index is -1.16. The van der Waals surface area contributed by atoms with Crippen molar-refractivity contribution in [2.24, 2.45) is 5.41 Å². The van der Waals surface area contributed by atoms with Gasteiger partial charge >= 0.3 is 0 Å². The molecule has 0 radical (unpaired) electrons. The van der Waals surface area contributed by atoms with Crippen LogP contribution in [0.2, 0.25) is 0 Å². The molecular formula is C23H27N3O2. The van der Waals surface area contributed by atoms with E-state index in [2.05, 4.69) is 28.6 Å². The molecule has 1 heterocycles. The average molecular weight is 377 g/mol. The highest BCUT2D eigenvalue weighted by molar-refractivity contribution is 6.09. The van der Waals surface area contributed by atoms with E-state index in [1.165, 1.54) is 5.56 Å². The largest absolute Gasteiger partial charge is 0.361 e. The lowest BCUT2D eigenvalue weighted by molar-refractivity contribution is -0.138. The van der Waals surface area contributed by atoms with E-state index in [4.69, 9.17) is 0 Å². The van der Waals surface area contributed by atoms with Crippen molar-refractivity contribution in [3.05, 3.63) is 65.9 Å². The molecule has 0 aliphatic heterocycles. The number of benzene rings is 2. The number of hydrogen-bond donors (Lipinski definition) is 3. The number of aromatic nitrogens is 1. The van der Waals surface area contributed by atoms with Crippen LogP contribution in [0.3, 0.4) is 0 Å². The highest BCUT2D eigenvalue weighted by Crippen LogP contribution is 2.21. The van der Waals surface area contributed by atoms with Gasteiger partial charge in [0.2, 0.25) is 11.8 Å². The Morgan fingerprint density at radius 3 is 2.43 bits per heavy atom. The Balaban J connectivity index is 1.56. The Morgan fingerprint density at radius 1 is 1.00 bits per heavy atom. The summed E-state index contributed by atoms with van der Waals surface area (Å²) in [5.41, 5.74) is 2.96. The summed E-state index contributed by atoms with van der Waals surface area (Å²) in [7, 11) is 0. The summed E-state index contributed by atoms with van der Waals surface area (Å²) in [5.74, 6) is -0.601. The first-order valence-corrected chi connectivity index (χ1v) is 9.65. The normalized spacial score (nSPS) is 11.4. The zero-order valence-electron chi connectivity index (χ0n) is 16.6. The van der Waals surface area contributed by atoms with E-state index < -0.39 is 5.41 Å². The first kappa shape index (κ1) is 19.7. The van der Waals surface area contributed by atoms with Gasteiger partial charge in [-0.05, 0) is 56.0 Å². The van der Waals surface area contributed by atoms with Crippen LogP contribution < -0.4 is 10.6 Å². The number of hydrogen-bond acceptors (Lipinski definition) is 2. The van der Waals surface area contributed by atoms with Gasteiger partial charge in [-0.1, -0.05) is 37.3 Å². The van der Waals surface area contributed by atoms with Gasteiger partial charge in [-0.2, -0.15) is 0 Å². The Labute approximate surface area is 165 Å². The maximum absolute atomic E-state index is 12.6. The standard InChI is InChI=1S/C23H27N3O2/c1-4-16-9-11-18(12-10-16)26-22(28)23(2,3)21(27)24-14-13-17-15-25-20-8-6-5-7-19(17)20/h5-12,15,25H,4,13-14H2,1-3H3,(H,24,27)(H,26,28). The van der Waals surface area contributed by atoms with Gasteiger partial charge < -0.3 is 15.6 Å². The third-order valence-electron chi connectivity index (χ3n) is 5.11. The highest BCUT2D eigenvalue weighted by atomic mass is 16.2. The van der Waals surface area contributed by atoms with Crippen molar-refractivity contribution in [2.75, 3.05) is 11.9 Å². The molecule has 0 aliphatic rings. The number of anilines is 1. The number of aryl methyl sites for hydroxylation is 1. The summed E-state index contributed by atoms with van der Waals surface area (Å²) in [6.45, 7) is 5.84. The quantitative estimate of drug-likeness (QED) is 0.543. The van der Waals surface area contributed by atoms with Gasteiger partial charge in [-0.25, -0.2) is 0 Å². The molecule has 3 N–H and O–H groups in total. The van der Waals surface area contributed by atoms with Crippen LogP contribution in [0.25, 0.3) is 10.9 Å². The molecule has 28 heavy (non-hydrogen) atoms. The summed E-state index contributed by atoms with van der Waals surface area (Å²) >= 11 is 0. The molecule has 0 saturated heterocycles. The second kappa shape index (κ2) is 8.30. The number of fused-ring (bicyclic) bond motifs is 1. The SMILES string of the molecule is CCc1ccc(NC(=O)C(C)(C)C(=O)NCCc2c[nH]c3ccccc23)cc1. The van der Waals surface area contributed by atoms with E-state index in [9.17, 15) is 9.59 Å². The van der Waals surface area contributed by atoms with Crippen LogP contribution in [0.15, 0.2) is 54.7 Å². The smallest absolute Gasteiger partial charge is 0.239 e. The zero-order valence-corrected chi connectivity index (χ0v) is 16.6. The number of aromatic amines is 1. The predicted molar refractivity (Wildman–Crippen MR) is 113 cm³/mol. The van der Waals surface area contributed by atoms with Gasteiger partial charge in [0.25, 0.3) is 0 Å². The summed E-state index contributed by atoms with van der Waals surface area (Å²) in [6.07, 6.45) is 3.61. The Bertz CT molecular complexity index is 971. The molecule has 3 rings (SSSR count). The van der Waals surface area contributed by atoms with E-state index >= 15 is 0 Å². The fourth-order valence-corrected chi connectivity index (χ4v) is 3.08. The topological polar surface area (TPSA) is 74.0 Å². The maximum atomic E-state index is 12.6. The van der Waals surface area contributed by atoms with Gasteiger partial charge in [-0.3, -0.25) is 9.59 Å². The molecule has 2 aromatic carbocycles. The number of carbonyl (C=O) groups excluding carboxylic acids is 2. The lowest BCUT2D eigenvalue weighted by Crippen LogP contribution is -2.45. The van der Waals surface area contributed by atoms with Gasteiger partial charge in [0, 0.05) is 29.3 Å². The van der Waals surface area contributed by atoms with Crippen LogP contribution in [0.1, 0.15) is 31.9 Å². The monoisotopic (exact) mass is 377 g/mol. The van der Waals surface area contributed by atoms with Crippen molar-refractivity contribution in [1.82, 2.24) is 10.3 Å². The first-order valence-electron chi connectivity index (χ1n) is 9.65. The Hall–Kier alpha value is -3.08. The number of rotatable bonds is 7. The minimum absolute atomic E-state index is 0.282. The fourth-order valence-electron chi connectivity index (χ4n) is 3.08. The van der Waals surface area contributed by atoms with Gasteiger partial charge in [0.1, 0.15) is 5.41 Å². The Morgan fingerprint density at radius 2 is 1.71 bits per heavy atom. The summed E-state index contributed by atoms with van der Waals surface area (Å²) in [6, 6.07) is 15.7. The van der Waals surface area contributed by atoms with Crippen LogP contribution in [0.5, 0.6) is 0 Å². The molecule has 2 amide bonds. The second-order valence-electron chi connectivity index (χ2n) is 7.49. The van der Waals surface area contributed by atoms with Crippen molar-refractivity contribution < 1.29 is 9.59 Å². The molecule has 0 unspecified atom stereocenters. The third kappa shape index (κ3) is 4.25. The van der Waals surface area contributed by atoms with Crippen LogP contribution in [-0.2, 0) is 22.4 Å². The molecule has 1 aromatic heterocycles. The van der Waals surface area contributed by atoms with Gasteiger partial charge in [0.05, 0.1) is 0 Å². The molecule has 146 valence electrons. The summed E-state index contributed by atoms with van der Waals surface area (Å²) in [5, 5.41) is 6.89. The molecule has 5 nitrogen and oxygen atoms in total. The van der Waals surface area contributed by atoms with Crippen LogP contribution in [0, 0.1) is 5.41 Å². The van der Waals surface area contributed by atoms with Gasteiger partial charge in [0.15, 0.2) is 0 Å². The fraction of sp³-hybridized carbons (Fsp3) is 0.304. The maximum Gasteiger partial charge on any atom is 0.239 e.